The van der Waals surface area contributed by atoms with Gasteiger partial charge in [-0.3, -0.25) is 0 Å². The van der Waals surface area contributed by atoms with Crippen molar-refractivity contribution in [2.24, 2.45) is 5.73 Å². The molecular formula is C15H23NOS2. The molecule has 1 aromatic carbocycles. The fraction of sp³-hybridized carbons (Fsp3) is 0.600. The van der Waals surface area contributed by atoms with Crippen molar-refractivity contribution < 1.29 is 4.74 Å². The van der Waals surface area contributed by atoms with Gasteiger partial charge in [0.05, 0.1) is 7.11 Å². The fourth-order valence-corrected chi connectivity index (χ4v) is 5.38. The predicted octanol–water partition coefficient (Wildman–Crippen LogP) is 3.63. The average Bonchev–Trinajstić information content (AvgIpc) is 2.41. The standard InChI is InChI=1S/C15H23NOS2/c1-9-7-12(17-4)5-6-13(9)15(16)14-8-18-10(2)11(3)19-14/h5-7,10-11,14-15H,8,16H2,1-4H3. The van der Waals surface area contributed by atoms with Crippen LogP contribution in [-0.2, 0) is 0 Å². The minimum atomic E-state index is 0.110. The van der Waals surface area contributed by atoms with Crippen molar-refractivity contribution in [1.29, 1.82) is 0 Å². The maximum Gasteiger partial charge on any atom is 0.119 e. The van der Waals surface area contributed by atoms with Gasteiger partial charge in [0.1, 0.15) is 5.75 Å². The quantitative estimate of drug-likeness (QED) is 0.924. The molecule has 0 bridgehead atoms. The number of hydrogen-bond donors (Lipinski definition) is 1. The van der Waals surface area contributed by atoms with Gasteiger partial charge in [-0.25, -0.2) is 0 Å². The van der Waals surface area contributed by atoms with Crippen molar-refractivity contribution in [3.05, 3.63) is 29.3 Å². The zero-order valence-electron chi connectivity index (χ0n) is 12.1. The Bertz CT molecular complexity index is 438. The van der Waals surface area contributed by atoms with E-state index in [-0.39, 0.29) is 6.04 Å². The van der Waals surface area contributed by atoms with Gasteiger partial charge in [0.15, 0.2) is 0 Å². The van der Waals surface area contributed by atoms with E-state index in [0.29, 0.717) is 10.5 Å². The van der Waals surface area contributed by atoms with Gasteiger partial charge in [-0.1, -0.05) is 19.9 Å². The molecule has 0 saturated carbocycles. The molecular weight excluding hydrogens is 274 g/mol. The highest BCUT2D eigenvalue weighted by atomic mass is 32.2. The second-order valence-corrected chi connectivity index (χ2v) is 8.20. The molecule has 1 aliphatic heterocycles. The third-order valence-electron chi connectivity index (χ3n) is 3.81. The lowest BCUT2D eigenvalue weighted by Gasteiger charge is -2.35. The van der Waals surface area contributed by atoms with Crippen LogP contribution in [0.1, 0.15) is 31.0 Å². The lowest BCUT2D eigenvalue weighted by atomic mass is 9.99. The van der Waals surface area contributed by atoms with Gasteiger partial charge in [0.25, 0.3) is 0 Å². The molecule has 4 atom stereocenters. The van der Waals surface area contributed by atoms with Crippen molar-refractivity contribution in [3.63, 3.8) is 0 Å². The van der Waals surface area contributed by atoms with Crippen LogP contribution < -0.4 is 10.5 Å². The molecule has 1 aromatic rings. The number of benzene rings is 1. The molecule has 0 aliphatic carbocycles. The number of methoxy groups -OCH3 is 1. The third-order valence-corrected chi connectivity index (χ3v) is 7.33. The summed E-state index contributed by atoms with van der Waals surface area (Å²) in [5.74, 6) is 2.05. The Labute approximate surface area is 124 Å². The Kier molecular flexibility index (Phi) is 5.09. The van der Waals surface area contributed by atoms with Crippen LogP contribution in [0.5, 0.6) is 5.75 Å². The predicted molar refractivity (Wildman–Crippen MR) is 87.4 cm³/mol. The van der Waals surface area contributed by atoms with E-state index in [1.165, 1.54) is 11.1 Å². The molecule has 0 radical (unpaired) electrons. The Morgan fingerprint density at radius 2 is 2.05 bits per heavy atom. The third kappa shape index (κ3) is 3.41. The van der Waals surface area contributed by atoms with Crippen LogP contribution in [0.4, 0.5) is 0 Å². The molecule has 2 rings (SSSR count). The van der Waals surface area contributed by atoms with Crippen molar-refractivity contribution in [2.45, 2.75) is 42.6 Å². The normalized spacial score (nSPS) is 29.0. The highest BCUT2D eigenvalue weighted by Gasteiger charge is 2.30. The largest absolute Gasteiger partial charge is 0.497 e. The summed E-state index contributed by atoms with van der Waals surface area (Å²) in [5, 5.41) is 1.90. The number of hydrogen-bond acceptors (Lipinski definition) is 4. The van der Waals surface area contributed by atoms with Crippen molar-refractivity contribution in [1.82, 2.24) is 0 Å². The highest BCUT2D eigenvalue weighted by molar-refractivity contribution is 8.07. The summed E-state index contributed by atoms with van der Waals surface area (Å²) in [6.07, 6.45) is 0. The number of aryl methyl sites for hydroxylation is 1. The SMILES string of the molecule is COc1ccc(C(N)C2CSC(C)C(C)S2)c(C)c1. The van der Waals surface area contributed by atoms with Gasteiger partial charge < -0.3 is 10.5 Å². The molecule has 19 heavy (non-hydrogen) atoms. The van der Waals surface area contributed by atoms with Gasteiger partial charge in [-0.15, -0.1) is 0 Å². The summed E-state index contributed by atoms with van der Waals surface area (Å²) in [7, 11) is 1.70. The van der Waals surface area contributed by atoms with Gasteiger partial charge in [0.2, 0.25) is 0 Å². The van der Waals surface area contributed by atoms with E-state index in [2.05, 4.69) is 32.9 Å². The number of rotatable bonds is 3. The zero-order chi connectivity index (χ0) is 14.0. The molecule has 2 nitrogen and oxygen atoms in total. The smallest absolute Gasteiger partial charge is 0.119 e. The lowest BCUT2D eigenvalue weighted by molar-refractivity contribution is 0.414. The first kappa shape index (κ1) is 15.1. The van der Waals surface area contributed by atoms with E-state index >= 15 is 0 Å². The molecule has 1 aliphatic rings. The first-order valence-electron chi connectivity index (χ1n) is 6.70. The molecule has 4 unspecified atom stereocenters. The van der Waals surface area contributed by atoms with E-state index in [1.807, 2.05) is 29.6 Å². The topological polar surface area (TPSA) is 35.2 Å². The summed E-state index contributed by atoms with van der Waals surface area (Å²) in [6, 6.07) is 6.31. The molecule has 1 fully saturated rings. The van der Waals surface area contributed by atoms with Crippen molar-refractivity contribution in [2.75, 3.05) is 12.9 Å². The van der Waals surface area contributed by atoms with Crippen LogP contribution in [-0.4, -0.2) is 28.6 Å². The molecule has 0 aromatic heterocycles. The van der Waals surface area contributed by atoms with Crippen LogP contribution in [0.15, 0.2) is 18.2 Å². The number of nitrogens with two attached hydrogens (primary N) is 1. The molecule has 4 heteroatoms. The molecule has 1 saturated heterocycles. The van der Waals surface area contributed by atoms with Crippen LogP contribution >= 0.6 is 23.5 Å². The molecule has 0 spiro atoms. The van der Waals surface area contributed by atoms with Gasteiger partial charge in [-0.05, 0) is 30.2 Å². The first-order valence-corrected chi connectivity index (χ1v) is 8.69. The zero-order valence-corrected chi connectivity index (χ0v) is 13.7. The van der Waals surface area contributed by atoms with Crippen LogP contribution in [0.25, 0.3) is 0 Å². The minimum absolute atomic E-state index is 0.110. The fourth-order valence-electron chi connectivity index (χ4n) is 2.35. The van der Waals surface area contributed by atoms with E-state index in [4.69, 9.17) is 10.5 Å². The van der Waals surface area contributed by atoms with E-state index < -0.39 is 0 Å². The maximum atomic E-state index is 6.49. The average molecular weight is 297 g/mol. The summed E-state index contributed by atoms with van der Waals surface area (Å²) in [4.78, 5) is 0. The van der Waals surface area contributed by atoms with Crippen LogP contribution in [0.2, 0.25) is 0 Å². The summed E-state index contributed by atoms with van der Waals surface area (Å²) < 4.78 is 5.26. The van der Waals surface area contributed by atoms with Gasteiger partial charge >= 0.3 is 0 Å². The molecule has 0 amide bonds. The monoisotopic (exact) mass is 297 g/mol. The summed E-state index contributed by atoms with van der Waals surface area (Å²) in [6.45, 7) is 6.73. The Balaban J connectivity index is 2.13. The summed E-state index contributed by atoms with van der Waals surface area (Å²) >= 11 is 4.08. The number of ether oxygens (including phenoxy) is 1. The minimum Gasteiger partial charge on any atom is -0.497 e. The second-order valence-electron chi connectivity index (χ2n) is 5.17. The van der Waals surface area contributed by atoms with Crippen LogP contribution in [0.3, 0.4) is 0 Å². The molecule has 106 valence electrons. The summed E-state index contributed by atoms with van der Waals surface area (Å²) in [5.41, 5.74) is 8.97. The Hall–Kier alpha value is -0.320. The Morgan fingerprint density at radius 1 is 1.32 bits per heavy atom. The second kappa shape index (κ2) is 6.42. The molecule has 1 heterocycles. The first-order chi connectivity index (χ1) is 9.02. The van der Waals surface area contributed by atoms with Gasteiger partial charge in [-0.2, -0.15) is 23.5 Å². The lowest BCUT2D eigenvalue weighted by Crippen LogP contribution is -2.34. The highest BCUT2D eigenvalue weighted by Crippen LogP contribution is 2.40. The van der Waals surface area contributed by atoms with E-state index in [1.54, 1.807) is 7.11 Å². The van der Waals surface area contributed by atoms with Crippen molar-refractivity contribution in [3.8, 4) is 5.75 Å². The number of thioether (sulfide) groups is 2. The van der Waals surface area contributed by atoms with E-state index in [0.717, 1.165) is 16.8 Å². The Morgan fingerprint density at radius 3 is 2.63 bits per heavy atom. The maximum absolute atomic E-state index is 6.49. The van der Waals surface area contributed by atoms with Crippen molar-refractivity contribution >= 4 is 23.5 Å². The van der Waals surface area contributed by atoms with Gasteiger partial charge in [0, 0.05) is 27.5 Å². The van der Waals surface area contributed by atoms with Crippen LogP contribution in [0, 0.1) is 6.92 Å². The van der Waals surface area contributed by atoms with E-state index in [9.17, 15) is 0 Å². The molecule has 2 N–H and O–H groups in total.